The van der Waals surface area contributed by atoms with Gasteiger partial charge in [-0.3, -0.25) is 20.1 Å². The van der Waals surface area contributed by atoms with Gasteiger partial charge in [-0.25, -0.2) is 9.97 Å². The summed E-state index contributed by atoms with van der Waals surface area (Å²) in [6.07, 6.45) is 4.95. The number of nitrogens with zero attached hydrogens (tertiary/aromatic N) is 3. The van der Waals surface area contributed by atoms with Gasteiger partial charge in [-0.2, -0.15) is 0 Å². The molecule has 3 aromatic heterocycles. The van der Waals surface area contributed by atoms with E-state index in [0.717, 1.165) is 0 Å². The van der Waals surface area contributed by atoms with Crippen LogP contribution in [0.3, 0.4) is 0 Å². The van der Waals surface area contributed by atoms with E-state index in [1.807, 2.05) is 18.2 Å². The largest absolute Gasteiger partial charge is 0.370 e. The van der Waals surface area contributed by atoms with Crippen LogP contribution in [-0.2, 0) is 0 Å². The van der Waals surface area contributed by atoms with Crippen molar-refractivity contribution in [3.8, 4) is 5.82 Å². The molecule has 112 valence electrons. The third kappa shape index (κ3) is 2.75. The van der Waals surface area contributed by atoms with Crippen molar-refractivity contribution in [3.63, 3.8) is 0 Å². The second-order valence-electron chi connectivity index (χ2n) is 4.34. The van der Waals surface area contributed by atoms with E-state index in [-0.39, 0.29) is 12.4 Å². The van der Waals surface area contributed by atoms with E-state index in [0.29, 0.717) is 22.4 Å². The summed E-state index contributed by atoms with van der Waals surface area (Å²) in [5, 5.41) is 10.1. The average molecular weight is 317 g/mol. The number of guanidine groups is 1. The standard InChI is InChI=1S/C14H12N6O.ClH/c15-14(16)19-13(21)10-8-20(11-5-1-2-6-17-11)12-9(10)4-3-7-18-12;/h1-8H,(H4,15,16,19,21);1H. The molecule has 0 unspecified atom stereocenters. The minimum absolute atomic E-state index is 0. The van der Waals surface area contributed by atoms with E-state index >= 15 is 0 Å². The summed E-state index contributed by atoms with van der Waals surface area (Å²) in [4.78, 5) is 20.7. The molecule has 0 bridgehead atoms. The Kier molecular flexibility index (Phi) is 4.38. The van der Waals surface area contributed by atoms with Crippen LogP contribution >= 0.6 is 12.4 Å². The van der Waals surface area contributed by atoms with Gasteiger partial charge in [0, 0.05) is 24.0 Å². The van der Waals surface area contributed by atoms with Crippen LogP contribution in [0, 0.1) is 5.41 Å². The van der Waals surface area contributed by atoms with Gasteiger partial charge in [-0.05, 0) is 24.3 Å². The van der Waals surface area contributed by atoms with Crippen LogP contribution in [0.5, 0.6) is 0 Å². The predicted molar refractivity (Wildman–Crippen MR) is 85.5 cm³/mol. The van der Waals surface area contributed by atoms with Crippen LogP contribution in [0.4, 0.5) is 0 Å². The van der Waals surface area contributed by atoms with E-state index in [9.17, 15) is 4.79 Å². The fraction of sp³-hybridized carbons (Fsp3) is 0. The Bertz CT molecular complexity index is 830. The fourth-order valence-corrected chi connectivity index (χ4v) is 2.10. The highest BCUT2D eigenvalue weighted by atomic mass is 35.5. The molecule has 0 spiro atoms. The Balaban J connectivity index is 0.00000176. The molecule has 0 aliphatic carbocycles. The van der Waals surface area contributed by atoms with E-state index in [1.165, 1.54) is 0 Å². The molecule has 0 fully saturated rings. The van der Waals surface area contributed by atoms with Gasteiger partial charge in [0.15, 0.2) is 5.96 Å². The molecule has 0 aliphatic rings. The average Bonchev–Trinajstić information content (AvgIpc) is 2.87. The second kappa shape index (κ2) is 6.23. The molecule has 0 radical (unpaired) electrons. The Morgan fingerprint density at radius 3 is 2.64 bits per heavy atom. The Labute approximate surface area is 132 Å². The molecule has 3 heterocycles. The molecular formula is C14H13ClN6O. The lowest BCUT2D eigenvalue weighted by molar-refractivity contribution is 0.0978. The van der Waals surface area contributed by atoms with Gasteiger partial charge in [0.1, 0.15) is 11.5 Å². The lowest BCUT2D eigenvalue weighted by atomic mass is 10.2. The molecule has 0 aliphatic heterocycles. The van der Waals surface area contributed by atoms with Crippen molar-refractivity contribution in [1.29, 1.82) is 5.41 Å². The van der Waals surface area contributed by atoms with Crippen LogP contribution in [0.2, 0.25) is 0 Å². The molecule has 3 aromatic rings. The van der Waals surface area contributed by atoms with Gasteiger partial charge in [-0.1, -0.05) is 6.07 Å². The van der Waals surface area contributed by atoms with E-state index < -0.39 is 11.9 Å². The van der Waals surface area contributed by atoms with Crippen molar-refractivity contribution in [2.75, 3.05) is 0 Å². The monoisotopic (exact) mass is 316 g/mol. The third-order valence-corrected chi connectivity index (χ3v) is 2.95. The maximum absolute atomic E-state index is 12.1. The summed E-state index contributed by atoms with van der Waals surface area (Å²) in [6.45, 7) is 0. The van der Waals surface area contributed by atoms with Crippen LogP contribution in [0.15, 0.2) is 48.9 Å². The number of halogens is 1. The van der Waals surface area contributed by atoms with Gasteiger partial charge in [0.2, 0.25) is 0 Å². The summed E-state index contributed by atoms with van der Waals surface area (Å²) in [5.41, 5.74) is 6.21. The minimum atomic E-state index is -0.449. The van der Waals surface area contributed by atoms with Gasteiger partial charge >= 0.3 is 0 Å². The first-order valence-electron chi connectivity index (χ1n) is 6.19. The number of fused-ring (bicyclic) bond motifs is 1. The zero-order valence-corrected chi connectivity index (χ0v) is 12.2. The van der Waals surface area contributed by atoms with Crippen molar-refractivity contribution in [1.82, 2.24) is 19.9 Å². The molecule has 0 atom stereocenters. The number of aromatic nitrogens is 3. The maximum Gasteiger partial charge on any atom is 0.260 e. The zero-order valence-electron chi connectivity index (χ0n) is 11.4. The predicted octanol–water partition coefficient (Wildman–Crippen LogP) is 1.47. The number of hydrogen-bond donors (Lipinski definition) is 3. The summed E-state index contributed by atoms with van der Waals surface area (Å²) >= 11 is 0. The number of rotatable bonds is 2. The lowest BCUT2D eigenvalue weighted by Crippen LogP contribution is -2.35. The molecule has 1 amide bonds. The van der Waals surface area contributed by atoms with Crippen molar-refractivity contribution < 1.29 is 4.79 Å². The van der Waals surface area contributed by atoms with Gasteiger partial charge in [0.25, 0.3) is 5.91 Å². The van der Waals surface area contributed by atoms with Crippen LogP contribution in [0.1, 0.15) is 10.4 Å². The molecule has 4 N–H and O–H groups in total. The van der Waals surface area contributed by atoms with E-state index in [4.69, 9.17) is 11.1 Å². The molecule has 7 nitrogen and oxygen atoms in total. The highest BCUT2D eigenvalue weighted by molar-refractivity contribution is 6.11. The first-order valence-corrected chi connectivity index (χ1v) is 6.19. The first-order chi connectivity index (χ1) is 10.2. The second-order valence-corrected chi connectivity index (χ2v) is 4.34. The smallest absolute Gasteiger partial charge is 0.260 e. The molecule has 22 heavy (non-hydrogen) atoms. The Hall–Kier alpha value is -2.93. The van der Waals surface area contributed by atoms with Gasteiger partial charge < -0.3 is 5.73 Å². The highest BCUT2D eigenvalue weighted by Crippen LogP contribution is 2.22. The SMILES string of the molecule is Cl.N=C(N)NC(=O)c1cn(-c2ccccn2)c2ncccc12. The highest BCUT2D eigenvalue weighted by Gasteiger charge is 2.17. The molecular weight excluding hydrogens is 304 g/mol. The minimum Gasteiger partial charge on any atom is -0.370 e. The fourth-order valence-electron chi connectivity index (χ4n) is 2.10. The van der Waals surface area contributed by atoms with Crippen molar-refractivity contribution in [2.45, 2.75) is 0 Å². The number of carbonyl (C=O) groups excluding carboxylic acids is 1. The number of carbonyl (C=O) groups is 1. The number of hydrogen-bond acceptors (Lipinski definition) is 4. The zero-order chi connectivity index (χ0) is 14.8. The number of nitrogens with two attached hydrogens (primary N) is 1. The van der Waals surface area contributed by atoms with E-state index in [2.05, 4.69) is 15.3 Å². The summed E-state index contributed by atoms with van der Waals surface area (Å²) in [6, 6.07) is 9.02. The lowest BCUT2D eigenvalue weighted by Gasteiger charge is -2.01. The topological polar surface area (TPSA) is 110 Å². The quantitative estimate of drug-likeness (QED) is 0.491. The summed E-state index contributed by atoms with van der Waals surface area (Å²) in [7, 11) is 0. The van der Waals surface area contributed by atoms with Crippen molar-refractivity contribution >= 4 is 35.3 Å². The van der Waals surface area contributed by atoms with E-state index in [1.54, 1.807) is 35.3 Å². The van der Waals surface area contributed by atoms with Crippen LogP contribution < -0.4 is 11.1 Å². The maximum atomic E-state index is 12.1. The third-order valence-electron chi connectivity index (χ3n) is 2.95. The number of nitrogens with one attached hydrogen (secondary N) is 2. The molecule has 0 aromatic carbocycles. The number of pyridine rings is 2. The van der Waals surface area contributed by atoms with Crippen molar-refractivity contribution in [3.05, 3.63) is 54.5 Å². The summed E-state index contributed by atoms with van der Waals surface area (Å²) in [5.74, 6) is -0.194. The first kappa shape index (κ1) is 15.5. The van der Waals surface area contributed by atoms with Crippen LogP contribution in [-0.4, -0.2) is 26.4 Å². The normalized spacial score (nSPS) is 10.0. The number of amides is 1. The van der Waals surface area contributed by atoms with Gasteiger partial charge in [0.05, 0.1) is 5.56 Å². The molecule has 3 rings (SSSR count). The molecule has 8 heteroatoms. The summed E-state index contributed by atoms with van der Waals surface area (Å²) < 4.78 is 1.73. The molecule has 0 saturated heterocycles. The van der Waals surface area contributed by atoms with Crippen LogP contribution in [0.25, 0.3) is 16.9 Å². The van der Waals surface area contributed by atoms with Gasteiger partial charge in [-0.15, -0.1) is 12.4 Å². The van der Waals surface area contributed by atoms with Crippen molar-refractivity contribution in [2.24, 2.45) is 5.73 Å². The molecule has 0 saturated carbocycles. The Morgan fingerprint density at radius 2 is 1.95 bits per heavy atom. The Morgan fingerprint density at radius 1 is 1.18 bits per heavy atom.